The molecule has 0 heterocycles. The van der Waals surface area contributed by atoms with E-state index in [-0.39, 0.29) is 28.6 Å². The highest BCUT2D eigenvalue weighted by Gasteiger charge is 2.62. The Morgan fingerprint density at radius 3 is 2.55 bits per heavy atom. The molecule has 122 valence electrons. The zero-order valence-corrected chi connectivity index (χ0v) is 14.6. The van der Waals surface area contributed by atoms with Gasteiger partial charge in [0.2, 0.25) is 0 Å². The van der Waals surface area contributed by atoms with Gasteiger partial charge in [0.15, 0.2) is 0 Å². The Morgan fingerprint density at radius 2 is 1.91 bits per heavy atom. The van der Waals surface area contributed by atoms with E-state index in [1.807, 2.05) is 0 Å². The molecule has 0 saturated heterocycles. The number of rotatable bonds is 1. The van der Waals surface area contributed by atoms with Crippen molar-refractivity contribution in [3.63, 3.8) is 0 Å². The number of carbonyl (C=O) groups is 1. The Bertz CT molecular complexity index is 558. The van der Waals surface area contributed by atoms with E-state index >= 15 is 0 Å². The molecule has 2 saturated carbocycles. The van der Waals surface area contributed by atoms with E-state index in [1.165, 1.54) is 5.57 Å². The summed E-state index contributed by atoms with van der Waals surface area (Å²) >= 11 is 0. The van der Waals surface area contributed by atoms with Crippen LogP contribution in [0.4, 0.5) is 0 Å². The number of hydrogen-bond donors (Lipinski definition) is 1. The van der Waals surface area contributed by atoms with Crippen LogP contribution >= 0.6 is 0 Å². The maximum absolute atomic E-state index is 13.5. The molecule has 0 aliphatic heterocycles. The summed E-state index contributed by atoms with van der Waals surface area (Å²) in [6, 6.07) is 0. The Morgan fingerprint density at radius 1 is 1.23 bits per heavy atom. The fourth-order valence-corrected chi connectivity index (χ4v) is 5.57. The van der Waals surface area contributed by atoms with Gasteiger partial charge in [-0.05, 0) is 43.9 Å². The van der Waals surface area contributed by atoms with Crippen molar-refractivity contribution in [3.8, 4) is 0 Å². The van der Waals surface area contributed by atoms with Crippen molar-refractivity contribution in [2.24, 2.45) is 28.6 Å². The average molecular weight is 302 g/mol. The average Bonchev–Trinajstić information content (AvgIpc) is 2.66. The van der Waals surface area contributed by atoms with Crippen LogP contribution in [0.1, 0.15) is 60.3 Å². The Kier molecular flexibility index (Phi) is 3.49. The van der Waals surface area contributed by atoms with Gasteiger partial charge in [0.1, 0.15) is 5.78 Å². The standard InChI is InChI=1S/C20H30O2/c1-13(2)20(22)12-11-19(5)15(20)8-10-18(4)9-6-7-14(3)16(18)17(19)21/h6-7,9,13,15-16,22H,8,10-12H2,1-5H3. The third-order valence-electron chi connectivity index (χ3n) is 7.16. The summed E-state index contributed by atoms with van der Waals surface area (Å²) in [6.45, 7) is 10.6. The van der Waals surface area contributed by atoms with Crippen molar-refractivity contribution in [1.82, 2.24) is 0 Å². The molecule has 2 fully saturated rings. The smallest absolute Gasteiger partial charge is 0.147 e. The van der Waals surface area contributed by atoms with Crippen LogP contribution in [0.5, 0.6) is 0 Å². The van der Waals surface area contributed by atoms with Crippen LogP contribution in [0.25, 0.3) is 0 Å². The fourth-order valence-electron chi connectivity index (χ4n) is 5.57. The summed E-state index contributed by atoms with van der Waals surface area (Å²) in [5.74, 6) is 0.651. The molecular weight excluding hydrogens is 272 g/mol. The number of allylic oxidation sites excluding steroid dienone is 4. The quantitative estimate of drug-likeness (QED) is 0.784. The summed E-state index contributed by atoms with van der Waals surface area (Å²) < 4.78 is 0. The molecule has 0 aromatic carbocycles. The van der Waals surface area contributed by atoms with Crippen LogP contribution in [0.3, 0.4) is 0 Å². The van der Waals surface area contributed by atoms with Gasteiger partial charge < -0.3 is 5.11 Å². The van der Waals surface area contributed by atoms with Crippen LogP contribution in [0.15, 0.2) is 23.8 Å². The van der Waals surface area contributed by atoms with E-state index in [0.29, 0.717) is 5.78 Å². The SMILES string of the molecule is CC1=CC=CC2(C)CCC3C(C)(CCC3(O)C(C)C)C(=O)C12. The van der Waals surface area contributed by atoms with Gasteiger partial charge in [0.05, 0.1) is 5.60 Å². The monoisotopic (exact) mass is 302 g/mol. The number of fused-ring (bicyclic) bond motifs is 2. The van der Waals surface area contributed by atoms with Gasteiger partial charge in [0, 0.05) is 17.3 Å². The van der Waals surface area contributed by atoms with E-state index in [9.17, 15) is 9.90 Å². The molecule has 0 spiro atoms. The number of Topliss-reactive ketones (excluding diaryl/α,β-unsaturated/α-hetero) is 1. The lowest BCUT2D eigenvalue weighted by molar-refractivity contribution is -0.137. The van der Waals surface area contributed by atoms with Crippen molar-refractivity contribution < 1.29 is 9.90 Å². The van der Waals surface area contributed by atoms with Crippen molar-refractivity contribution in [3.05, 3.63) is 23.8 Å². The Labute approximate surface area is 134 Å². The third kappa shape index (κ3) is 1.92. The second-order valence-corrected chi connectivity index (χ2v) is 8.73. The first-order chi connectivity index (χ1) is 10.2. The molecule has 0 amide bonds. The lowest BCUT2D eigenvalue weighted by Crippen LogP contribution is -2.46. The summed E-state index contributed by atoms with van der Waals surface area (Å²) in [7, 11) is 0. The number of ketones is 1. The molecule has 0 bridgehead atoms. The molecule has 3 aliphatic rings. The molecule has 22 heavy (non-hydrogen) atoms. The zero-order chi connectivity index (χ0) is 16.3. The third-order valence-corrected chi connectivity index (χ3v) is 7.16. The molecule has 2 nitrogen and oxygen atoms in total. The first-order valence-corrected chi connectivity index (χ1v) is 8.78. The predicted octanol–water partition coefficient (Wildman–Crippen LogP) is 4.29. The van der Waals surface area contributed by atoms with Crippen molar-refractivity contribution in [2.75, 3.05) is 0 Å². The second-order valence-electron chi connectivity index (χ2n) is 8.73. The van der Waals surface area contributed by atoms with Gasteiger partial charge in [-0.25, -0.2) is 0 Å². The largest absolute Gasteiger partial charge is 0.389 e. The molecule has 3 aliphatic carbocycles. The Hall–Kier alpha value is -0.890. The first-order valence-electron chi connectivity index (χ1n) is 8.78. The van der Waals surface area contributed by atoms with E-state index in [2.05, 4.69) is 52.8 Å². The minimum Gasteiger partial charge on any atom is -0.389 e. The van der Waals surface area contributed by atoms with Gasteiger partial charge >= 0.3 is 0 Å². The lowest BCUT2D eigenvalue weighted by atomic mass is 9.63. The van der Waals surface area contributed by atoms with E-state index < -0.39 is 5.60 Å². The number of hydrogen-bond acceptors (Lipinski definition) is 2. The van der Waals surface area contributed by atoms with Crippen molar-refractivity contribution >= 4 is 5.78 Å². The van der Waals surface area contributed by atoms with Crippen LogP contribution < -0.4 is 0 Å². The van der Waals surface area contributed by atoms with Gasteiger partial charge in [-0.15, -0.1) is 0 Å². The lowest BCUT2D eigenvalue weighted by Gasteiger charge is -2.40. The van der Waals surface area contributed by atoms with Crippen LogP contribution in [0.2, 0.25) is 0 Å². The molecule has 5 atom stereocenters. The second kappa shape index (κ2) is 4.80. The summed E-state index contributed by atoms with van der Waals surface area (Å²) in [5.41, 5.74) is 0.0511. The van der Waals surface area contributed by atoms with Crippen LogP contribution in [0, 0.1) is 28.6 Å². The van der Waals surface area contributed by atoms with Crippen LogP contribution in [-0.4, -0.2) is 16.5 Å². The highest BCUT2D eigenvalue weighted by atomic mass is 16.3. The number of carbonyl (C=O) groups excluding carboxylic acids is 1. The Balaban J connectivity index is 2.08. The van der Waals surface area contributed by atoms with Crippen molar-refractivity contribution in [2.45, 2.75) is 65.9 Å². The minimum absolute atomic E-state index is 0.0120. The summed E-state index contributed by atoms with van der Waals surface area (Å²) in [5, 5.41) is 11.3. The summed E-state index contributed by atoms with van der Waals surface area (Å²) in [6.07, 6.45) is 9.95. The molecule has 3 rings (SSSR count). The molecular formula is C20H30O2. The highest BCUT2D eigenvalue weighted by molar-refractivity contribution is 5.91. The zero-order valence-electron chi connectivity index (χ0n) is 14.6. The maximum Gasteiger partial charge on any atom is 0.147 e. The predicted molar refractivity (Wildman–Crippen MR) is 89.4 cm³/mol. The topological polar surface area (TPSA) is 37.3 Å². The molecule has 5 unspecified atom stereocenters. The summed E-state index contributed by atoms with van der Waals surface area (Å²) in [4.78, 5) is 13.5. The molecule has 1 N–H and O–H groups in total. The highest BCUT2D eigenvalue weighted by Crippen LogP contribution is 2.61. The minimum atomic E-state index is -0.685. The van der Waals surface area contributed by atoms with E-state index in [0.717, 1.165) is 25.7 Å². The molecule has 2 heteroatoms. The molecule has 0 aromatic rings. The molecule has 0 aromatic heterocycles. The van der Waals surface area contributed by atoms with Gasteiger partial charge in [0.25, 0.3) is 0 Å². The first kappa shape index (κ1) is 16.0. The molecule has 0 radical (unpaired) electrons. The maximum atomic E-state index is 13.5. The van der Waals surface area contributed by atoms with E-state index in [4.69, 9.17) is 0 Å². The van der Waals surface area contributed by atoms with Crippen molar-refractivity contribution in [1.29, 1.82) is 0 Å². The van der Waals surface area contributed by atoms with Gasteiger partial charge in [-0.3, -0.25) is 4.79 Å². The van der Waals surface area contributed by atoms with Crippen LogP contribution in [-0.2, 0) is 4.79 Å². The van der Waals surface area contributed by atoms with Gasteiger partial charge in [-0.2, -0.15) is 0 Å². The normalized spacial score (nSPS) is 48.0. The fraction of sp³-hybridized carbons (Fsp3) is 0.750. The van der Waals surface area contributed by atoms with Gasteiger partial charge in [-0.1, -0.05) is 51.5 Å². The number of aliphatic hydroxyl groups is 1. The van der Waals surface area contributed by atoms with E-state index in [1.54, 1.807) is 0 Å².